The van der Waals surface area contributed by atoms with Crippen LogP contribution in [-0.2, 0) is 17.7 Å². The van der Waals surface area contributed by atoms with Crippen LogP contribution < -0.4 is 9.47 Å². The van der Waals surface area contributed by atoms with E-state index in [1.807, 2.05) is 12.1 Å². The largest absolute Gasteiger partial charge is 0.497 e. The van der Waals surface area contributed by atoms with Crippen molar-refractivity contribution >= 4 is 22.8 Å². The first kappa shape index (κ1) is 18.9. The quantitative estimate of drug-likeness (QED) is 0.688. The number of ether oxygens (including phenoxy) is 3. The third kappa shape index (κ3) is 3.29. The van der Waals surface area contributed by atoms with E-state index in [9.17, 15) is 9.59 Å². The van der Waals surface area contributed by atoms with Crippen molar-refractivity contribution in [3.63, 3.8) is 0 Å². The Morgan fingerprint density at radius 2 is 1.86 bits per heavy atom. The first-order valence-electron chi connectivity index (χ1n) is 9.28. The Labute approximate surface area is 168 Å². The predicted molar refractivity (Wildman–Crippen MR) is 108 cm³/mol. The van der Waals surface area contributed by atoms with Gasteiger partial charge in [0.15, 0.2) is 0 Å². The molecule has 2 aromatic carbocycles. The number of hydrogen-bond donors (Lipinski definition) is 1. The molecular formula is C22H22N2O5. The number of carbonyl (C=O) groups excluding carboxylic acids is 2. The summed E-state index contributed by atoms with van der Waals surface area (Å²) >= 11 is 0. The highest BCUT2D eigenvalue weighted by Crippen LogP contribution is 2.31. The van der Waals surface area contributed by atoms with Crippen molar-refractivity contribution in [2.75, 3.05) is 27.9 Å². The number of fused-ring (bicyclic) bond motifs is 3. The molecule has 0 radical (unpaired) electrons. The molecule has 1 aliphatic heterocycles. The minimum Gasteiger partial charge on any atom is -0.497 e. The van der Waals surface area contributed by atoms with Crippen LogP contribution in [0, 0.1) is 0 Å². The second-order valence-corrected chi connectivity index (χ2v) is 6.88. The zero-order chi connectivity index (χ0) is 20.5. The van der Waals surface area contributed by atoms with E-state index in [4.69, 9.17) is 14.2 Å². The number of benzene rings is 2. The highest BCUT2D eigenvalue weighted by atomic mass is 16.5. The molecule has 7 heteroatoms. The third-order valence-corrected chi connectivity index (χ3v) is 5.32. The molecule has 0 fully saturated rings. The molecule has 0 atom stereocenters. The number of nitrogens with one attached hydrogen (secondary N) is 1. The normalized spacial score (nSPS) is 13.1. The van der Waals surface area contributed by atoms with Crippen molar-refractivity contribution in [3.8, 4) is 11.5 Å². The van der Waals surface area contributed by atoms with Crippen LogP contribution in [0.5, 0.6) is 11.5 Å². The summed E-state index contributed by atoms with van der Waals surface area (Å²) in [5.74, 6) is 0.625. The fourth-order valence-electron chi connectivity index (χ4n) is 3.78. The minimum atomic E-state index is -0.381. The Morgan fingerprint density at radius 3 is 2.59 bits per heavy atom. The molecular weight excluding hydrogens is 372 g/mol. The Morgan fingerprint density at radius 1 is 1.03 bits per heavy atom. The van der Waals surface area contributed by atoms with Crippen LogP contribution in [0.4, 0.5) is 0 Å². The molecule has 1 amide bonds. The van der Waals surface area contributed by atoms with E-state index in [2.05, 4.69) is 4.98 Å². The lowest BCUT2D eigenvalue weighted by molar-refractivity contribution is 0.0600. The maximum Gasteiger partial charge on any atom is 0.337 e. The van der Waals surface area contributed by atoms with Gasteiger partial charge in [0, 0.05) is 47.7 Å². The van der Waals surface area contributed by atoms with Gasteiger partial charge in [-0.1, -0.05) is 0 Å². The van der Waals surface area contributed by atoms with Crippen LogP contribution in [0.1, 0.15) is 32.0 Å². The first-order valence-corrected chi connectivity index (χ1v) is 9.28. The molecule has 7 nitrogen and oxygen atoms in total. The van der Waals surface area contributed by atoms with Gasteiger partial charge in [-0.3, -0.25) is 4.79 Å². The number of nitrogens with zero attached hydrogens (tertiary/aromatic N) is 1. The van der Waals surface area contributed by atoms with Gasteiger partial charge in [0.1, 0.15) is 11.5 Å². The van der Waals surface area contributed by atoms with Gasteiger partial charge in [0.2, 0.25) is 0 Å². The molecule has 0 bridgehead atoms. The van der Waals surface area contributed by atoms with Crippen LogP contribution >= 0.6 is 0 Å². The lowest BCUT2D eigenvalue weighted by atomic mass is 10.0. The number of hydrogen-bond acceptors (Lipinski definition) is 5. The second kappa shape index (κ2) is 7.50. The maximum absolute atomic E-state index is 13.2. The molecule has 4 rings (SSSR count). The minimum absolute atomic E-state index is 0.103. The molecule has 0 unspecified atom stereocenters. The highest BCUT2D eigenvalue weighted by molar-refractivity contribution is 5.99. The Bertz CT molecular complexity index is 1100. The molecule has 0 saturated carbocycles. The molecule has 1 aromatic heterocycles. The van der Waals surface area contributed by atoms with E-state index in [0.717, 1.165) is 22.2 Å². The standard InChI is InChI=1S/C22H22N2O5/c1-27-14-5-6-15(20(11-14)28-2)21(25)24-9-8-19-17(12-24)16-10-13(22(26)29-3)4-7-18(16)23-19/h4-7,10-11,23H,8-9,12H2,1-3H3. The van der Waals surface area contributed by atoms with Gasteiger partial charge in [0.05, 0.1) is 32.5 Å². The number of carbonyl (C=O) groups is 2. The number of esters is 1. The number of rotatable bonds is 4. The molecule has 3 aromatic rings. The molecule has 29 heavy (non-hydrogen) atoms. The van der Waals surface area contributed by atoms with Gasteiger partial charge in [-0.15, -0.1) is 0 Å². The van der Waals surface area contributed by atoms with Gasteiger partial charge in [-0.2, -0.15) is 0 Å². The van der Waals surface area contributed by atoms with Gasteiger partial charge >= 0.3 is 5.97 Å². The van der Waals surface area contributed by atoms with Crippen molar-refractivity contribution in [1.29, 1.82) is 0 Å². The summed E-state index contributed by atoms with van der Waals surface area (Å²) in [5, 5.41) is 0.932. The van der Waals surface area contributed by atoms with Crippen molar-refractivity contribution < 1.29 is 23.8 Å². The van der Waals surface area contributed by atoms with E-state index in [-0.39, 0.29) is 11.9 Å². The fourth-order valence-corrected chi connectivity index (χ4v) is 3.78. The predicted octanol–water partition coefficient (Wildman–Crippen LogP) is 3.17. The van der Waals surface area contributed by atoms with E-state index in [0.29, 0.717) is 42.1 Å². The molecule has 1 aliphatic rings. The number of aromatic nitrogens is 1. The topological polar surface area (TPSA) is 80.9 Å². The SMILES string of the molecule is COC(=O)c1ccc2[nH]c3c(c2c1)CN(C(=O)c1ccc(OC)cc1OC)CC3. The summed E-state index contributed by atoms with van der Waals surface area (Å²) < 4.78 is 15.4. The molecule has 0 spiro atoms. The van der Waals surface area contributed by atoms with E-state index in [1.165, 1.54) is 14.2 Å². The smallest absolute Gasteiger partial charge is 0.337 e. The summed E-state index contributed by atoms with van der Waals surface area (Å²) in [4.78, 5) is 30.3. The fraction of sp³-hybridized carbons (Fsp3) is 0.273. The molecule has 0 saturated heterocycles. The third-order valence-electron chi connectivity index (χ3n) is 5.32. The van der Waals surface area contributed by atoms with Crippen LogP contribution in [-0.4, -0.2) is 49.6 Å². The number of amides is 1. The Kier molecular flexibility index (Phi) is 4.88. The Hall–Kier alpha value is -3.48. The average Bonchev–Trinajstić information content (AvgIpc) is 3.14. The molecule has 2 heterocycles. The van der Waals surface area contributed by atoms with Crippen LogP contribution in [0.3, 0.4) is 0 Å². The zero-order valence-electron chi connectivity index (χ0n) is 16.6. The molecule has 150 valence electrons. The maximum atomic E-state index is 13.2. The monoisotopic (exact) mass is 394 g/mol. The summed E-state index contributed by atoms with van der Waals surface area (Å²) in [7, 11) is 4.47. The van der Waals surface area contributed by atoms with Gasteiger partial charge in [-0.05, 0) is 30.3 Å². The summed E-state index contributed by atoms with van der Waals surface area (Å²) in [5.41, 5.74) is 4.04. The number of aromatic amines is 1. The van der Waals surface area contributed by atoms with Crippen molar-refractivity contribution in [2.45, 2.75) is 13.0 Å². The molecule has 1 N–H and O–H groups in total. The van der Waals surface area contributed by atoms with Gasteiger partial charge in [-0.25, -0.2) is 4.79 Å². The lowest BCUT2D eigenvalue weighted by Crippen LogP contribution is -2.36. The van der Waals surface area contributed by atoms with E-state index < -0.39 is 0 Å². The van der Waals surface area contributed by atoms with Crippen LogP contribution in [0.25, 0.3) is 10.9 Å². The lowest BCUT2D eigenvalue weighted by Gasteiger charge is -2.28. The zero-order valence-corrected chi connectivity index (χ0v) is 16.6. The van der Waals surface area contributed by atoms with Crippen molar-refractivity contribution in [3.05, 3.63) is 58.8 Å². The first-order chi connectivity index (χ1) is 14.0. The summed E-state index contributed by atoms with van der Waals surface area (Å²) in [6, 6.07) is 10.6. The van der Waals surface area contributed by atoms with Crippen LogP contribution in [0.2, 0.25) is 0 Å². The van der Waals surface area contributed by atoms with Gasteiger partial charge < -0.3 is 24.1 Å². The highest BCUT2D eigenvalue weighted by Gasteiger charge is 2.27. The molecule has 0 aliphatic carbocycles. The van der Waals surface area contributed by atoms with Crippen LogP contribution in [0.15, 0.2) is 36.4 Å². The van der Waals surface area contributed by atoms with E-state index >= 15 is 0 Å². The van der Waals surface area contributed by atoms with Crippen molar-refractivity contribution in [1.82, 2.24) is 9.88 Å². The second-order valence-electron chi connectivity index (χ2n) is 6.88. The van der Waals surface area contributed by atoms with E-state index in [1.54, 1.807) is 36.3 Å². The Balaban J connectivity index is 1.67. The number of H-pyrrole nitrogens is 1. The number of methoxy groups -OCH3 is 3. The average molecular weight is 394 g/mol. The van der Waals surface area contributed by atoms with Crippen molar-refractivity contribution in [2.24, 2.45) is 0 Å². The van der Waals surface area contributed by atoms with Gasteiger partial charge in [0.25, 0.3) is 5.91 Å². The summed E-state index contributed by atoms with van der Waals surface area (Å²) in [6.45, 7) is 1.05. The summed E-state index contributed by atoms with van der Waals surface area (Å²) in [6.07, 6.45) is 0.710.